The number of carbonyl (C=O) groups is 3. The molecule has 0 aliphatic carbocycles. The summed E-state index contributed by atoms with van der Waals surface area (Å²) in [4.78, 5) is 37.0. The number of hydrogen-bond acceptors (Lipinski definition) is 4. The number of nitrogens with one attached hydrogen (secondary N) is 1. The van der Waals surface area contributed by atoms with E-state index >= 15 is 0 Å². The van der Waals surface area contributed by atoms with Crippen LogP contribution in [0.1, 0.15) is 18.9 Å². The maximum Gasteiger partial charge on any atom is 0.262 e. The first kappa shape index (κ1) is 19.4. The van der Waals surface area contributed by atoms with Gasteiger partial charge in [0.1, 0.15) is 5.75 Å². The van der Waals surface area contributed by atoms with Crippen LogP contribution in [-0.4, -0.2) is 30.9 Å². The van der Waals surface area contributed by atoms with Gasteiger partial charge >= 0.3 is 0 Å². The molecule has 28 heavy (non-hydrogen) atoms. The van der Waals surface area contributed by atoms with Gasteiger partial charge in [-0.1, -0.05) is 25.1 Å². The monoisotopic (exact) mass is 381 g/mol. The Hall–Kier alpha value is -3.35. The molecule has 1 aliphatic rings. The SMILES string of the molecule is CCc1ccccc1NC(=O)COc1ccc(N2C[C@H](C(N)=O)CC2=O)cc1. The number of para-hydroxylation sites is 1. The molecule has 7 heteroatoms. The number of nitrogens with two attached hydrogens (primary N) is 1. The molecule has 0 unspecified atom stereocenters. The number of ether oxygens (including phenoxy) is 1. The van der Waals surface area contributed by atoms with Crippen LogP contribution in [0.5, 0.6) is 5.75 Å². The zero-order valence-electron chi connectivity index (χ0n) is 15.7. The molecule has 0 radical (unpaired) electrons. The summed E-state index contributed by atoms with van der Waals surface area (Å²) < 4.78 is 5.53. The molecule has 2 aromatic rings. The van der Waals surface area contributed by atoms with E-state index in [1.165, 1.54) is 4.90 Å². The lowest BCUT2D eigenvalue weighted by atomic mass is 10.1. The minimum atomic E-state index is -0.466. The summed E-state index contributed by atoms with van der Waals surface area (Å²) in [6.07, 6.45) is 0.956. The van der Waals surface area contributed by atoms with Gasteiger partial charge in [0.05, 0.1) is 5.92 Å². The van der Waals surface area contributed by atoms with E-state index < -0.39 is 11.8 Å². The summed E-state index contributed by atoms with van der Waals surface area (Å²) in [7, 11) is 0. The maximum absolute atomic E-state index is 12.1. The Balaban J connectivity index is 1.55. The van der Waals surface area contributed by atoms with E-state index in [1.54, 1.807) is 24.3 Å². The normalized spacial score (nSPS) is 16.1. The first-order valence-electron chi connectivity index (χ1n) is 9.18. The van der Waals surface area contributed by atoms with Crippen molar-refractivity contribution >= 4 is 29.1 Å². The van der Waals surface area contributed by atoms with Crippen molar-refractivity contribution in [3.05, 3.63) is 54.1 Å². The number of benzene rings is 2. The Labute approximate surface area is 163 Å². The largest absolute Gasteiger partial charge is 0.484 e. The highest BCUT2D eigenvalue weighted by Crippen LogP contribution is 2.26. The van der Waals surface area contributed by atoms with Crippen LogP contribution in [-0.2, 0) is 20.8 Å². The van der Waals surface area contributed by atoms with Crippen molar-refractivity contribution in [3.63, 3.8) is 0 Å². The summed E-state index contributed by atoms with van der Waals surface area (Å²) in [5.41, 5.74) is 7.80. The Morgan fingerprint density at radius 2 is 1.89 bits per heavy atom. The second kappa shape index (κ2) is 8.56. The highest BCUT2D eigenvalue weighted by molar-refractivity contribution is 6.00. The van der Waals surface area contributed by atoms with E-state index in [0.29, 0.717) is 11.4 Å². The van der Waals surface area contributed by atoms with Crippen LogP contribution in [0.3, 0.4) is 0 Å². The van der Waals surface area contributed by atoms with Crippen molar-refractivity contribution in [2.45, 2.75) is 19.8 Å². The van der Waals surface area contributed by atoms with Gasteiger partial charge in [0, 0.05) is 24.3 Å². The third-order valence-electron chi connectivity index (χ3n) is 4.72. The molecule has 1 atom stereocenters. The molecular weight excluding hydrogens is 358 g/mol. The van der Waals surface area contributed by atoms with E-state index in [0.717, 1.165) is 17.7 Å². The van der Waals surface area contributed by atoms with Gasteiger partial charge in [-0.05, 0) is 42.3 Å². The van der Waals surface area contributed by atoms with Gasteiger partial charge < -0.3 is 20.7 Å². The van der Waals surface area contributed by atoms with Crippen LogP contribution in [0.25, 0.3) is 0 Å². The van der Waals surface area contributed by atoms with E-state index in [-0.39, 0.29) is 31.4 Å². The van der Waals surface area contributed by atoms with Gasteiger partial charge in [0.2, 0.25) is 11.8 Å². The Morgan fingerprint density at radius 3 is 2.54 bits per heavy atom. The van der Waals surface area contributed by atoms with Crippen molar-refractivity contribution in [2.24, 2.45) is 11.7 Å². The molecule has 1 fully saturated rings. The zero-order chi connectivity index (χ0) is 20.1. The lowest BCUT2D eigenvalue weighted by Crippen LogP contribution is -2.28. The summed E-state index contributed by atoms with van der Waals surface area (Å²) in [5.74, 6) is -0.791. The van der Waals surface area contributed by atoms with E-state index in [2.05, 4.69) is 5.32 Å². The van der Waals surface area contributed by atoms with Crippen LogP contribution in [0, 0.1) is 5.92 Å². The van der Waals surface area contributed by atoms with Gasteiger partial charge in [-0.15, -0.1) is 0 Å². The van der Waals surface area contributed by atoms with Crippen molar-refractivity contribution in [1.29, 1.82) is 0 Å². The van der Waals surface area contributed by atoms with Crippen LogP contribution in [0.2, 0.25) is 0 Å². The number of amides is 3. The molecule has 3 amide bonds. The number of primary amides is 1. The van der Waals surface area contributed by atoms with Crippen molar-refractivity contribution < 1.29 is 19.1 Å². The topological polar surface area (TPSA) is 102 Å². The highest BCUT2D eigenvalue weighted by atomic mass is 16.5. The van der Waals surface area contributed by atoms with E-state index in [9.17, 15) is 14.4 Å². The molecule has 3 rings (SSSR count). The first-order chi connectivity index (χ1) is 13.5. The maximum atomic E-state index is 12.1. The molecule has 0 bridgehead atoms. The standard InChI is InChI=1S/C21H23N3O4/c1-2-14-5-3-4-6-18(14)23-19(25)13-28-17-9-7-16(8-10-17)24-12-15(21(22)27)11-20(24)26/h3-10,15H,2,11-13H2,1H3,(H2,22,27)(H,23,25)/t15-/m1/s1. The third kappa shape index (κ3) is 4.49. The van der Waals surface area contributed by atoms with Crippen molar-refractivity contribution in [1.82, 2.24) is 0 Å². The summed E-state index contributed by atoms with van der Waals surface area (Å²) in [5, 5.41) is 2.85. The van der Waals surface area contributed by atoms with E-state index in [1.807, 2.05) is 31.2 Å². The van der Waals surface area contributed by atoms with Crippen LogP contribution >= 0.6 is 0 Å². The predicted octanol–water partition coefficient (Wildman–Crippen LogP) is 2.10. The Kier molecular flexibility index (Phi) is 5.93. The minimum Gasteiger partial charge on any atom is -0.484 e. The Morgan fingerprint density at radius 1 is 1.18 bits per heavy atom. The fourth-order valence-electron chi connectivity index (χ4n) is 3.16. The molecule has 0 saturated carbocycles. The minimum absolute atomic E-state index is 0.121. The molecule has 0 spiro atoms. The molecular formula is C21H23N3O4. The zero-order valence-corrected chi connectivity index (χ0v) is 15.7. The number of hydrogen-bond donors (Lipinski definition) is 2. The third-order valence-corrected chi connectivity index (χ3v) is 4.72. The number of rotatable bonds is 7. The molecule has 7 nitrogen and oxygen atoms in total. The van der Waals surface area contributed by atoms with Crippen molar-refractivity contribution in [2.75, 3.05) is 23.4 Å². The number of nitrogens with zero attached hydrogens (tertiary/aromatic N) is 1. The second-order valence-electron chi connectivity index (χ2n) is 6.65. The molecule has 146 valence electrons. The fraction of sp³-hybridized carbons (Fsp3) is 0.286. The smallest absolute Gasteiger partial charge is 0.262 e. The molecule has 2 aromatic carbocycles. The molecule has 1 saturated heterocycles. The molecule has 0 aromatic heterocycles. The van der Waals surface area contributed by atoms with Crippen molar-refractivity contribution in [3.8, 4) is 5.75 Å². The lowest BCUT2D eigenvalue weighted by molar-refractivity contribution is -0.123. The summed E-state index contributed by atoms with van der Waals surface area (Å²) in [6, 6.07) is 14.5. The first-order valence-corrected chi connectivity index (χ1v) is 9.18. The molecule has 1 heterocycles. The van der Waals surface area contributed by atoms with Gasteiger partial charge in [-0.2, -0.15) is 0 Å². The fourth-order valence-corrected chi connectivity index (χ4v) is 3.16. The highest BCUT2D eigenvalue weighted by Gasteiger charge is 2.33. The van der Waals surface area contributed by atoms with Gasteiger partial charge in [-0.3, -0.25) is 14.4 Å². The van der Waals surface area contributed by atoms with E-state index in [4.69, 9.17) is 10.5 Å². The summed E-state index contributed by atoms with van der Waals surface area (Å²) >= 11 is 0. The average Bonchev–Trinajstić information content (AvgIpc) is 3.09. The lowest BCUT2D eigenvalue weighted by Gasteiger charge is -2.17. The quantitative estimate of drug-likeness (QED) is 0.767. The van der Waals surface area contributed by atoms with Crippen LogP contribution < -0.4 is 20.7 Å². The number of aryl methyl sites for hydroxylation is 1. The van der Waals surface area contributed by atoms with Crippen LogP contribution in [0.15, 0.2) is 48.5 Å². The average molecular weight is 381 g/mol. The van der Waals surface area contributed by atoms with Gasteiger partial charge in [0.25, 0.3) is 5.91 Å². The van der Waals surface area contributed by atoms with Gasteiger partial charge in [-0.25, -0.2) is 0 Å². The molecule has 3 N–H and O–H groups in total. The van der Waals surface area contributed by atoms with Gasteiger partial charge in [0.15, 0.2) is 6.61 Å². The summed E-state index contributed by atoms with van der Waals surface area (Å²) in [6.45, 7) is 2.19. The second-order valence-corrected chi connectivity index (χ2v) is 6.65. The Bertz CT molecular complexity index is 879. The molecule has 1 aliphatic heterocycles. The number of carbonyl (C=O) groups excluding carboxylic acids is 3. The van der Waals surface area contributed by atoms with Crippen LogP contribution in [0.4, 0.5) is 11.4 Å². The number of anilines is 2. The predicted molar refractivity (Wildman–Crippen MR) is 106 cm³/mol.